The first kappa shape index (κ1) is 12.5. The summed E-state index contributed by atoms with van der Waals surface area (Å²) in [5.74, 6) is 0. The fraction of sp³-hybridized carbons (Fsp3) is 0.500. The molecule has 18 heavy (non-hydrogen) atoms. The molecule has 0 radical (unpaired) electrons. The Morgan fingerprint density at radius 1 is 1.33 bits per heavy atom. The topological polar surface area (TPSA) is 65.6 Å². The van der Waals surface area contributed by atoms with E-state index < -0.39 is 0 Å². The number of hydrogen-bond donors (Lipinski definition) is 1. The first-order chi connectivity index (χ1) is 8.70. The predicted molar refractivity (Wildman–Crippen MR) is 67.9 cm³/mol. The molecule has 0 aromatic carbocycles. The minimum absolute atomic E-state index is 0.107. The summed E-state index contributed by atoms with van der Waals surface area (Å²) in [7, 11) is 0. The van der Waals surface area contributed by atoms with Crippen LogP contribution in [0.4, 0.5) is 10.5 Å². The third-order valence-corrected chi connectivity index (χ3v) is 2.94. The monoisotopic (exact) mass is 251 g/mol. The fourth-order valence-electron chi connectivity index (χ4n) is 1.96. The van der Waals surface area contributed by atoms with Crippen LogP contribution in [0.5, 0.6) is 0 Å². The van der Waals surface area contributed by atoms with Crippen molar-refractivity contribution in [1.82, 2.24) is 9.88 Å². The van der Waals surface area contributed by atoms with Crippen molar-refractivity contribution in [3.05, 3.63) is 28.7 Å². The quantitative estimate of drug-likeness (QED) is 0.838. The molecule has 0 bridgehead atoms. The van der Waals surface area contributed by atoms with Gasteiger partial charge in [0.25, 0.3) is 0 Å². The molecule has 0 spiro atoms. The molecule has 0 unspecified atom stereocenters. The van der Waals surface area contributed by atoms with Crippen LogP contribution in [0, 0.1) is 0 Å². The number of ether oxygens (including phenoxy) is 1. The number of aromatic nitrogens is 1. The minimum Gasteiger partial charge on any atom is -0.450 e. The van der Waals surface area contributed by atoms with E-state index in [0.29, 0.717) is 19.7 Å². The molecule has 0 atom stereocenters. The molecule has 1 N–H and O–H groups in total. The number of nitrogens with one attached hydrogen (secondary N) is 1. The maximum Gasteiger partial charge on any atom is 0.409 e. The number of carbonyl (C=O) groups excluding carboxylic acids is 1. The standard InChI is InChI=1S/C12H17N3O3/c1-2-18-12(17)15-7-5-14(6-8-15)10-3-4-11(16)13-9-10/h3-4,9H,2,5-8H2,1H3,(H,13,16). The molecular weight excluding hydrogens is 234 g/mol. The van der Waals surface area contributed by atoms with Gasteiger partial charge in [0, 0.05) is 38.4 Å². The van der Waals surface area contributed by atoms with E-state index in [1.807, 2.05) is 0 Å². The number of carbonyl (C=O) groups is 1. The lowest BCUT2D eigenvalue weighted by molar-refractivity contribution is 0.105. The van der Waals surface area contributed by atoms with Crippen LogP contribution in [0.3, 0.4) is 0 Å². The van der Waals surface area contributed by atoms with E-state index in [1.54, 1.807) is 24.1 Å². The lowest BCUT2D eigenvalue weighted by atomic mass is 10.3. The average Bonchev–Trinajstić information content (AvgIpc) is 2.40. The van der Waals surface area contributed by atoms with Crippen LogP contribution in [0.1, 0.15) is 6.92 Å². The molecule has 6 nitrogen and oxygen atoms in total. The van der Waals surface area contributed by atoms with Crippen molar-refractivity contribution in [2.24, 2.45) is 0 Å². The molecule has 2 rings (SSSR count). The van der Waals surface area contributed by atoms with Gasteiger partial charge in [0.05, 0.1) is 12.3 Å². The molecule has 1 amide bonds. The third kappa shape index (κ3) is 2.82. The minimum atomic E-state index is -0.251. The summed E-state index contributed by atoms with van der Waals surface area (Å²) in [6.45, 7) is 4.96. The van der Waals surface area contributed by atoms with Crippen molar-refractivity contribution in [1.29, 1.82) is 0 Å². The van der Waals surface area contributed by atoms with E-state index in [0.717, 1.165) is 18.8 Å². The summed E-state index contributed by atoms with van der Waals surface area (Å²) in [5.41, 5.74) is 0.863. The number of anilines is 1. The van der Waals surface area contributed by atoms with Gasteiger partial charge in [-0.3, -0.25) is 4.79 Å². The lowest BCUT2D eigenvalue weighted by Gasteiger charge is -2.35. The van der Waals surface area contributed by atoms with Gasteiger partial charge < -0.3 is 19.5 Å². The maximum atomic E-state index is 11.5. The van der Waals surface area contributed by atoms with Crippen LogP contribution in [0.2, 0.25) is 0 Å². The molecule has 1 aromatic heterocycles. The molecule has 6 heteroatoms. The van der Waals surface area contributed by atoms with Gasteiger partial charge in [-0.2, -0.15) is 0 Å². The van der Waals surface area contributed by atoms with Gasteiger partial charge in [0.1, 0.15) is 0 Å². The van der Waals surface area contributed by atoms with E-state index in [-0.39, 0.29) is 11.7 Å². The summed E-state index contributed by atoms with van der Waals surface area (Å²) in [6.07, 6.45) is 1.45. The number of aromatic amines is 1. The molecule has 0 aliphatic carbocycles. The van der Waals surface area contributed by atoms with E-state index in [4.69, 9.17) is 4.74 Å². The number of nitrogens with zero attached hydrogens (tertiary/aromatic N) is 2. The van der Waals surface area contributed by atoms with Crippen molar-refractivity contribution >= 4 is 11.8 Å². The van der Waals surface area contributed by atoms with Crippen LogP contribution in [0.15, 0.2) is 23.1 Å². The first-order valence-electron chi connectivity index (χ1n) is 6.06. The molecule has 98 valence electrons. The second-order valence-corrected chi connectivity index (χ2v) is 4.08. The van der Waals surface area contributed by atoms with Gasteiger partial charge >= 0.3 is 6.09 Å². The summed E-state index contributed by atoms with van der Waals surface area (Å²) in [5, 5.41) is 0. The number of piperazine rings is 1. The van der Waals surface area contributed by atoms with Gasteiger partial charge in [-0.15, -0.1) is 0 Å². The fourth-order valence-corrected chi connectivity index (χ4v) is 1.96. The van der Waals surface area contributed by atoms with Crippen LogP contribution in [-0.2, 0) is 4.74 Å². The highest BCUT2D eigenvalue weighted by Crippen LogP contribution is 2.13. The zero-order chi connectivity index (χ0) is 13.0. The normalized spacial score (nSPS) is 15.6. The van der Waals surface area contributed by atoms with Gasteiger partial charge in [-0.05, 0) is 13.0 Å². The van der Waals surface area contributed by atoms with Crippen molar-refractivity contribution in [2.45, 2.75) is 6.92 Å². The maximum absolute atomic E-state index is 11.5. The Balaban J connectivity index is 1.92. The number of pyridine rings is 1. The zero-order valence-electron chi connectivity index (χ0n) is 10.4. The Labute approximate surface area is 105 Å². The number of hydrogen-bond acceptors (Lipinski definition) is 4. The Bertz CT molecular complexity index is 443. The number of H-pyrrole nitrogens is 1. The molecule has 0 saturated carbocycles. The van der Waals surface area contributed by atoms with Crippen LogP contribution >= 0.6 is 0 Å². The van der Waals surface area contributed by atoms with Gasteiger partial charge in [0.15, 0.2) is 0 Å². The lowest BCUT2D eigenvalue weighted by Crippen LogP contribution is -2.49. The van der Waals surface area contributed by atoms with Crippen LogP contribution in [0.25, 0.3) is 0 Å². The van der Waals surface area contributed by atoms with Crippen LogP contribution in [-0.4, -0.2) is 48.8 Å². The highest BCUT2D eigenvalue weighted by Gasteiger charge is 2.21. The van der Waals surface area contributed by atoms with Crippen LogP contribution < -0.4 is 10.5 Å². The Morgan fingerprint density at radius 2 is 2.06 bits per heavy atom. The molecule has 1 aliphatic heterocycles. The molecule has 2 heterocycles. The van der Waals surface area contributed by atoms with Crippen molar-refractivity contribution < 1.29 is 9.53 Å². The molecule has 1 aliphatic rings. The van der Waals surface area contributed by atoms with E-state index in [1.165, 1.54) is 6.07 Å². The highest BCUT2D eigenvalue weighted by atomic mass is 16.6. The molecule has 1 fully saturated rings. The van der Waals surface area contributed by atoms with Gasteiger partial charge in [-0.1, -0.05) is 0 Å². The summed E-state index contributed by atoms with van der Waals surface area (Å²) in [6, 6.07) is 3.30. The SMILES string of the molecule is CCOC(=O)N1CCN(c2ccc(=O)[nH]c2)CC1. The smallest absolute Gasteiger partial charge is 0.409 e. The first-order valence-corrected chi connectivity index (χ1v) is 6.06. The van der Waals surface area contributed by atoms with Crippen molar-refractivity contribution in [2.75, 3.05) is 37.7 Å². The van der Waals surface area contributed by atoms with E-state index in [9.17, 15) is 9.59 Å². The summed E-state index contributed by atoms with van der Waals surface area (Å²) < 4.78 is 4.96. The summed E-state index contributed by atoms with van der Waals surface area (Å²) >= 11 is 0. The average molecular weight is 251 g/mol. The molecule has 1 aromatic rings. The van der Waals surface area contributed by atoms with E-state index in [2.05, 4.69) is 9.88 Å². The second-order valence-electron chi connectivity index (χ2n) is 4.08. The Morgan fingerprint density at radius 3 is 2.61 bits per heavy atom. The van der Waals surface area contributed by atoms with Gasteiger partial charge in [0.2, 0.25) is 5.56 Å². The number of rotatable bonds is 2. The van der Waals surface area contributed by atoms with Crippen molar-refractivity contribution in [3.63, 3.8) is 0 Å². The number of amides is 1. The van der Waals surface area contributed by atoms with Crippen molar-refractivity contribution in [3.8, 4) is 0 Å². The molecular formula is C12H17N3O3. The zero-order valence-corrected chi connectivity index (χ0v) is 10.4. The Hall–Kier alpha value is -1.98. The Kier molecular flexibility index (Phi) is 3.86. The second kappa shape index (κ2) is 5.57. The highest BCUT2D eigenvalue weighted by molar-refractivity contribution is 5.68. The predicted octanol–water partition coefficient (Wildman–Crippen LogP) is 0.653. The molecule has 1 saturated heterocycles. The summed E-state index contributed by atoms with van der Waals surface area (Å²) in [4.78, 5) is 29.0. The largest absolute Gasteiger partial charge is 0.450 e. The third-order valence-electron chi connectivity index (χ3n) is 2.94. The van der Waals surface area contributed by atoms with E-state index >= 15 is 0 Å². The van der Waals surface area contributed by atoms with Gasteiger partial charge in [-0.25, -0.2) is 4.79 Å².